The lowest BCUT2D eigenvalue weighted by Gasteiger charge is -2.65. The second-order valence-corrected chi connectivity index (χ2v) is 19.7. The van der Waals surface area contributed by atoms with Crippen LogP contribution in [0.25, 0.3) is 0 Å². The predicted octanol–water partition coefficient (Wildman–Crippen LogP) is 5.72. The van der Waals surface area contributed by atoms with Crippen molar-refractivity contribution in [2.75, 3.05) is 18.0 Å². The number of aromatic nitrogens is 1. The Morgan fingerprint density at radius 1 is 0.806 bits per heavy atom. The Morgan fingerprint density at radius 2 is 1.55 bits per heavy atom. The van der Waals surface area contributed by atoms with Crippen LogP contribution < -0.4 is 15.0 Å². The number of imide groups is 2. The third kappa shape index (κ3) is 6.38. The molecule has 2 aromatic carbocycles. The van der Waals surface area contributed by atoms with E-state index in [1.807, 2.05) is 23.1 Å². The summed E-state index contributed by atoms with van der Waals surface area (Å²) in [5.74, 6) is 5.76. The van der Waals surface area contributed by atoms with Crippen molar-refractivity contribution in [3.8, 4) is 23.7 Å². The highest BCUT2D eigenvalue weighted by Gasteiger charge is 2.67. The molecule has 62 heavy (non-hydrogen) atoms. The molecule has 3 saturated heterocycles. The molecular formula is C48H48ClN7O6. The molecule has 2 aliphatic carbocycles. The first kappa shape index (κ1) is 40.3. The Hall–Kier alpha value is -5.76. The maximum Gasteiger partial charge on any atom is 0.262 e. The number of piperidine rings is 1. The number of benzene rings is 2. The van der Waals surface area contributed by atoms with Crippen LogP contribution in [0.4, 0.5) is 5.69 Å². The lowest BCUT2D eigenvalue weighted by Crippen LogP contribution is -2.74. The highest BCUT2D eigenvalue weighted by Crippen LogP contribution is 2.59. The number of nitriles is 1. The molecule has 7 aliphatic rings. The van der Waals surface area contributed by atoms with Crippen molar-refractivity contribution in [2.24, 2.45) is 16.7 Å². The van der Waals surface area contributed by atoms with Gasteiger partial charge >= 0.3 is 0 Å². The number of hydrogen-bond acceptors (Lipinski definition) is 10. The summed E-state index contributed by atoms with van der Waals surface area (Å²) in [5.41, 5.74) is 3.27. The molecule has 5 fully saturated rings. The fraction of sp³-hybridized carbons (Fsp3) is 0.479. The van der Waals surface area contributed by atoms with Crippen LogP contribution in [-0.2, 0) is 16.1 Å². The fourth-order valence-electron chi connectivity index (χ4n) is 12.3. The minimum absolute atomic E-state index is 0.0210. The summed E-state index contributed by atoms with van der Waals surface area (Å²) in [5, 5.41) is 11.9. The molecule has 3 atom stereocenters. The zero-order valence-electron chi connectivity index (χ0n) is 35.2. The van der Waals surface area contributed by atoms with Gasteiger partial charge in [-0.05, 0) is 86.9 Å². The number of carbonyl (C=O) groups is 5. The minimum atomic E-state index is -0.977. The zero-order chi connectivity index (χ0) is 43.4. The van der Waals surface area contributed by atoms with E-state index >= 15 is 0 Å². The van der Waals surface area contributed by atoms with Crippen molar-refractivity contribution in [1.29, 1.82) is 5.26 Å². The van der Waals surface area contributed by atoms with Crippen molar-refractivity contribution >= 4 is 46.8 Å². The molecule has 14 heteroatoms. The van der Waals surface area contributed by atoms with E-state index in [2.05, 4.69) is 60.7 Å². The summed E-state index contributed by atoms with van der Waals surface area (Å²) in [7, 11) is 0. The molecule has 13 nitrogen and oxygen atoms in total. The molecule has 2 bridgehead atoms. The van der Waals surface area contributed by atoms with Gasteiger partial charge in [0.1, 0.15) is 29.7 Å². The van der Waals surface area contributed by atoms with E-state index in [9.17, 15) is 29.2 Å². The number of piperazine rings is 1. The summed E-state index contributed by atoms with van der Waals surface area (Å²) in [6.07, 6.45) is 5.26. The first-order valence-corrected chi connectivity index (χ1v) is 22.1. The summed E-state index contributed by atoms with van der Waals surface area (Å²) >= 11 is 6.30. The van der Waals surface area contributed by atoms with Crippen molar-refractivity contribution < 1.29 is 28.7 Å². The van der Waals surface area contributed by atoms with Gasteiger partial charge in [-0.3, -0.25) is 39.1 Å². The number of hydrogen-bond donors (Lipinski definition) is 1. The van der Waals surface area contributed by atoms with Gasteiger partial charge in [0.25, 0.3) is 17.7 Å². The van der Waals surface area contributed by atoms with Crippen LogP contribution in [0.2, 0.25) is 5.02 Å². The second-order valence-electron chi connectivity index (χ2n) is 19.3. The Balaban J connectivity index is 0.733. The monoisotopic (exact) mass is 853 g/mol. The molecule has 5 amide bonds. The first-order valence-electron chi connectivity index (χ1n) is 21.7. The van der Waals surface area contributed by atoms with E-state index in [4.69, 9.17) is 21.3 Å². The summed E-state index contributed by atoms with van der Waals surface area (Å²) in [6, 6.07) is 16.5. The van der Waals surface area contributed by atoms with E-state index in [0.29, 0.717) is 63.4 Å². The quantitative estimate of drug-likeness (QED) is 0.241. The number of ether oxygens (including phenoxy) is 1. The second kappa shape index (κ2) is 14.7. The average molecular weight is 854 g/mol. The summed E-state index contributed by atoms with van der Waals surface area (Å²) < 4.78 is 6.48. The number of amides is 5. The van der Waals surface area contributed by atoms with Crippen molar-refractivity contribution in [2.45, 2.75) is 115 Å². The number of halogens is 1. The van der Waals surface area contributed by atoms with Gasteiger partial charge in [-0.25, -0.2) is 4.98 Å². The Labute approximate surface area is 365 Å². The van der Waals surface area contributed by atoms with E-state index in [0.717, 1.165) is 61.5 Å². The largest absolute Gasteiger partial charge is 0.489 e. The average Bonchev–Trinajstić information content (AvgIpc) is 4.00. The summed E-state index contributed by atoms with van der Waals surface area (Å²) in [4.78, 5) is 77.6. The maximum atomic E-state index is 13.8. The predicted molar refractivity (Wildman–Crippen MR) is 228 cm³/mol. The van der Waals surface area contributed by atoms with Gasteiger partial charge < -0.3 is 14.5 Å². The molecule has 6 heterocycles. The van der Waals surface area contributed by atoms with E-state index in [1.54, 1.807) is 30.3 Å². The molecule has 3 unspecified atom stereocenters. The molecule has 10 rings (SSSR count). The number of rotatable bonds is 6. The SMILES string of the molecule is CC1(C)C(Oc2ccc(C#N)c(Cl)c2)C(C)(C)C1N1Cc2nc(C#CC3CCC(N4CC5CC4CN5c4ccc5c(c4)C(=O)N(C4CCC(=O)NC4=O)C5=O)CC3)ccc2C1=O. The van der Waals surface area contributed by atoms with Gasteiger partial charge in [0.2, 0.25) is 11.8 Å². The van der Waals surface area contributed by atoms with Crippen LogP contribution in [0.1, 0.15) is 121 Å². The number of fused-ring (bicyclic) bond motifs is 4. The number of carbonyl (C=O) groups excluding carboxylic acids is 5. The normalized spacial score (nSPS) is 29.5. The van der Waals surface area contributed by atoms with Gasteiger partial charge in [-0.2, -0.15) is 5.26 Å². The van der Waals surface area contributed by atoms with E-state index in [-0.39, 0.29) is 47.6 Å². The third-order valence-electron chi connectivity index (χ3n) is 14.8. The lowest BCUT2D eigenvalue weighted by atomic mass is 9.49. The third-order valence-corrected chi connectivity index (χ3v) is 15.1. The molecule has 0 radical (unpaired) electrons. The number of anilines is 1. The molecule has 0 spiro atoms. The van der Waals surface area contributed by atoms with Crippen molar-refractivity contribution in [3.63, 3.8) is 0 Å². The Bertz CT molecular complexity index is 2570. The smallest absolute Gasteiger partial charge is 0.262 e. The Morgan fingerprint density at radius 3 is 2.24 bits per heavy atom. The lowest BCUT2D eigenvalue weighted by molar-refractivity contribution is -0.199. The number of nitrogens with one attached hydrogen (secondary N) is 1. The maximum absolute atomic E-state index is 13.8. The van der Waals surface area contributed by atoms with Crippen LogP contribution in [0, 0.1) is 39.9 Å². The number of pyridine rings is 1. The molecule has 5 aliphatic heterocycles. The van der Waals surface area contributed by atoms with E-state index < -0.39 is 29.7 Å². The van der Waals surface area contributed by atoms with E-state index in [1.165, 1.54) is 0 Å². The highest BCUT2D eigenvalue weighted by atomic mass is 35.5. The first-order chi connectivity index (χ1) is 29.6. The zero-order valence-corrected chi connectivity index (χ0v) is 36.0. The molecule has 318 valence electrons. The van der Waals surface area contributed by atoms with Crippen molar-refractivity contribution in [3.05, 3.63) is 87.2 Å². The van der Waals surface area contributed by atoms with Crippen LogP contribution >= 0.6 is 11.6 Å². The molecule has 1 N–H and O–H groups in total. The van der Waals surface area contributed by atoms with Crippen molar-refractivity contribution in [1.82, 2.24) is 25.0 Å². The summed E-state index contributed by atoms with van der Waals surface area (Å²) in [6.45, 7) is 10.7. The van der Waals surface area contributed by atoms with Gasteiger partial charge in [-0.1, -0.05) is 45.2 Å². The number of likely N-dealkylation sites (tertiary alicyclic amines) is 1. The standard InChI is InChI=1S/C48H48ClN7O6/c1-47(2)45(48(3,4)46(47)62-33-14-8-27(22-50)37(49)21-33)55-25-38-35(42(55)59)15-10-28(51-38)9-5-26-6-11-29(12-7-26)53-23-32-19-31(53)24-54(32)30-13-16-34-36(20-30)44(61)56(43(34)60)39-17-18-40(57)52-41(39)58/h8,10,13-16,20-21,26,29,31-32,39,45-46H,6-7,11-12,17-19,23-25H2,1-4H3,(H,52,57,58). The molecule has 1 aromatic heterocycles. The van der Waals surface area contributed by atoms with Crippen LogP contribution in [0.5, 0.6) is 5.75 Å². The van der Waals surface area contributed by atoms with Gasteiger partial charge in [0.05, 0.1) is 39.5 Å². The molecule has 2 saturated carbocycles. The number of nitrogens with zero attached hydrogens (tertiary/aromatic N) is 6. The molecular weight excluding hydrogens is 806 g/mol. The van der Waals surface area contributed by atoms with Gasteiger partial charge in [-0.15, -0.1) is 0 Å². The van der Waals surface area contributed by atoms with Crippen LogP contribution in [-0.4, -0.2) is 98.6 Å². The van der Waals surface area contributed by atoms with Gasteiger partial charge in [0.15, 0.2) is 0 Å². The van der Waals surface area contributed by atoms with Crippen LogP contribution in [0.15, 0.2) is 48.5 Å². The highest BCUT2D eigenvalue weighted by molar-refractivity contribution is 6.31. The van der Waals surface area contributed by atoms with Crippen LogP contribution in [0.3, 0.4) is 0 Å². The Kier molecular flexibility index (Phi) is 9.54. The fourth-order valence-corrected chi connectivity index (χ4v) is 12.5. The topological polar surface area (TPSA) is 156 Å². The molecule has 3 aromatic rings. The minimum Gasteiger partial charge on any atom is -0.489 e. The van der Waals surface area contributed by atoms with Gasteiger partial charge in [0, 0.05) is 72.2 Å².